The Morgan fingerprint density at radius 3 is 2.71 bits per heavy atom. The second-order valence-electron chi connectivity index (χ2n) is 3.83. The van der Waals surface area contributed by atoms with E-state index >= 15 is 0 Å². The predicted octanol–water partition coefficient (Wildman–Crippen LogP) is 3.15. The standard InChI is InChI=1S/C14H14N2O/c1-11-4-2-6-13(8-11)16-15-10-12-5-3-7-14(17)9-12/h2-10,16-17H,1H3/b15-10-. The van der Waals surface area contributed by atoms with Gasteiger partial charge < -0.3 is 5.11 Å². The van der Waals surface area contributed by atoms with E-state index in [9.17, 15) is 5.11 Å². The van der Waals surface area contributed by atoms with Gasteiger partial charge in [0.05, 0.1) is 11.9 Å². The van der Waals surface area contributed by atoms with Gasteiger partial charge in [-0.1, -0.05) is 24.3 Å². The van der Waals surface area contributed by atoms with Gasteiger partial charge in [0, 0.05) is 0 Å². The van der Waals surface area contributed by atoms with Crippen molar-refractivity contribution in [3.05, 3.63) is 59.7 Å². The number of phenolic OH excluding ortho intramolecular Hbond substituents is 1. The minimum atomic E-state index is 0.240. The predicted molar refractivity (Wildman–Crippen MR) is 70.5 cm³/mol. The molecule has 2 N–H and O–H groups in total. The van der Waals surface area contributed by atoms with Crippen LogP contribution < -0.4 is 5.43 Å². The summed E-state index contributed by atoms with van der Waals surface area (Å²) >= 11 is 0. The number of nitrogens with zero attached hydrogens (tertiary/aromatic N) is 1. The largest absolute Gasteiger partial charge is 0.508 e. The Morgan fingerprint density at radius 2 is 1.94 bits per heavy atom. The second-order valence-corrected chi connectivity index (χ2v) is 3.83. The second kappa shape index (κ2) is 5.16. The molecule has 0 saturated carbocycles. The molecule has 0 fully saturated rings. The summed E-state index contributed by atoms with van der Waals surface area (Å²) in [6.45, 7) is 2.03. The average molecular weight is 226 g/mol. The number of nitrogens with one attached hydrogen (secondary N) is 1. The molecule has 3 heteroatoms. The van der Waals surface area contributed by atoms with E-state index < -0.39 is 0 Å². The SMILES string of the molecule is Cc1cccc(N/N=C\c2cccc(O)c2)c1. The lowest BCUT2D eigenvalue weighted by molar-refractivity contribution is 0.475. The molecule has 0 heterocycles. The fourth-order valence-electron chi connectivity index (χ4n) is 1.50. The highest BCUT2D eigenvalue weighted by Crippen LogP contribution is 2.10. The first-order valence-corrected chi connectivity index (χ1v) is 5.39. The lowest BCUT2D eigenvalue weighted by atomic mass is 10.2. The molecule has 3 nitrogen and oxygen atoms in total. The lowest BCUT2D eigenvalue weighted by Crippen LogP contribution is -1.90. The Bertz CT molecular complexity index is 535. The number of hydrogen-bond donors (Lipinski definition) is 2. The summed E-state index contributed by atoms with van der Waals surface area (Å²) in [5.41, 5.74) is 5.92. The van der Waals surface area contributed by atoms with Gasteiger partial charge in [0.1, 0.15) is 5.75 Å². The first kappa shape index (κ1) is 11.2. The number of hydrogen-bond acceptors (Lipinski definition) is 3. The van der Waals surface area contributed by atoms with E-state index in [1.807, 2.05) is 37.3 Å². The van der Waals surface area contributed by atoms with Crippen LogP contribution in [-0.4, -0.2) is 11.3 Å². The van der Waals surface area contributed by atoms with Crippen molar-refractivity contribution in [3.8, 4) is 5.75 Å². The van der Waals surface area contributed by atoms with Crippen molar-refractivity contribution in [2.24, 2.45) is 5.10 Å². The van der Waals surface area contributed by atoms with Crippen LogP contribution in [0.5, 0.6) is 5.75 Å². The first-order chi connectivity index (χ1) is 8.24. The Kier molecular flexibility index (Phi) is 3.40. The van der Waals surface area contributed by atoms with Crippen molar-refractivity contribution < 1.29 is 5.11 Å². The van der Waals surface area contributed by atoms with E-state index in [0.717, 1.165) is 11.3 Å². The van der Waals surface area contributed by atoms with Gasteiger partial charge in [0.15, 0.2) is 0 Å². The van der Waals surface area contributed by atoms with Gasteiger partial charge in [-0.25, -0.2) is 0 Å². The number of phenols is 1. The maximum absolute atomic E-state index is 9.28. The van der Waals surface area contributed by atoms with Crippen LogP contribution in [0, 0.1) is 6.92 Å². The molecule has 2 aromatic rings. The molecule has 17 heavy (non-hydrogen) atoms. The zero-order chi connectivity index (χ0) is 12.1. The molecule has 0 aliphatic heterocycles. The van der Waals surface area contributed by atoms with Gasteiger partial charge in [0.25, 0.3) is 0 Å². The highest BCUT2D eigenvalue weighted by atomic mass is 16.3. The first-order valence-electron chi connectivity index (χ1n) is 5.39. The maximum atomic E-state index is 9.28. The third-order valence-electron chi connectivity index (χ3n) is 2.30. The van der Waals surface area contributed by atoms with Crippen LogP contribution in [0.25, 0.3) is 0 Å². The third-order valence-corrected chi connectivity index (χ3v) is 2.30. The van der Waals surface area contributed by atoms with E-state index in [1.165, 1.54) is 5.56 Å². The molecular formula is C14H14N2O. The van der Waals surface area contributed by atoms with E-state index in [1.54, 1.807) is 24.4 Å². The Labute approximate surface area is 100 Å². The molecule has 0 bridgehead atoms. The van der Waals surface area contributed by atoms with Gasteiger partial charge >= 0.3 is 0 Å². The van der Waals surface area contributed by atoms with Crippen molar-refractivity contribution in [2.45, 2.75) is 6.92 Å². The van der Waals surface area contributed by atoms with E-state index in [0.29, 0.717) is 0 Å². The molecule has 0 spiro atoms. The molecule has 0 unspecified atom stereocenters. The van der Waals surface area contributed by atoms with E-state index in [2.05, 4.69) is 10.5 Å². The monoisotopic (exact) mass is 226 g/mol. The molecule has 2 rings (SSSR count). The molecule has 0 aromatic heterocycles. The molecular weight excluding hydrogens is 212 g/mol. The summed E-state index contributed by atoms with van der Waals surface area (Å²) in [7, 11) is 0. The van der Waals surface area contributed by atoms with E-state index in [4.69, 9.17) is 0 Å². The van der Waals surface area contributed by atoms with Crippen LogP contribution in [0.4, 0.5) is 5.69 Å². The van der Waals surface area contributed by atoms with Crippen molar-refractivity contribution >= 4 is 11.9 Å². The fourth-order valence-corrected chi connectivity index (χ4v) is 1.50. The van der Waals surface area contributed by atoms with Crippen molar-refractivity contribution in [3.63, 3.8) is 0 Å². The fraction of sp³-hybridized carbons (Fsp3) is 0.0714. The Morgan fingerprint density at radius 1 is 1.12 bits per heavy atom. The molecule has 0 aliphatic carbocycles. The van der Waals surface area contributed by atoms with Crippen LogP contribution >= 0.6 is 0 Å². The van der Waals surface area contributed by atoms with Crippen molar-refractivity contribution in [1.29, 1.82) is 0 Å². The average Bonchev–Trinajstić information content (AvgIpc) is 2.29. The number of benzene rings is 2. The summed E-state index contributed by atoms with van der Waals surface area (Å²) in [6, 6.07) is 14.9. The summed E-state index contributed by atoms with van der Waals surface area (Å²) in [5, 5.41) is 13.4. The summed E-state index contributed by atoms with van der Waals surface area (Å²) in [6.07, 6.45) is 1.67. The zero-order valence-corrected chi connectivity index (χ0v) is 9.59. The number of aromatic hydroxyl groups is 1. The molecule has 0 aliphatic rings. The highest BCUT2D eigenvalue weighted by Gasteiger charge is 1.91. The summed E-state index contributed by atoms with van der Waals surface area (Å²) in [5.74, 6) is 0.240. The molecule has 0 radical (unpaired) electrons. The number of anilines is 1. The quantitative estimate of drug-likeness (QED) is 0.623. The number of aryl methyl sites for hydroxylation is 1. The van der Waals surface area contributed by atoms with Gasteiger partial charge in [-0.05, 0) is 42.3 Å². The number of rotatable bonds is 3. The maximum Gasteiger partial charge on any atom is 0.116 e. The van der Waals surface area contributed by atoms with Crippen molar-refractivity contribution in [1.82, 2.24) is 0 Å². The summed E-state index contributed by atoms with van der Waals surface area (Å²) in [4.78, 5) is 0. The van der Waals surface area contributed by atoms with Crippen LogP contribution in [0.2, 0.25) is 0 Å². The molecule has 0 saturated heterocycles. The molecule has 0 atom stereocenters. The third kappa shape index (κ3) is 3.34. The van der Waals surface area contributed by atoms with Gasteiger partial charge in [0.2, 0.25) is 0 Å². The van der Waals surface area contributed by atoms with Gasteiger partial charge in [-0.15, -0.1) is 0 Å². The Balaban J connectivity index is 2.03. The normalized spacial score (nSPS) is 10.6. The van der Waals surface area contributed by atoms with Crippen LogP contribution in [0.15, 0.2) is 53.6 Å². The smallest absolute Gasteiger partial charge is 0.116 e. The molecule has 0 amide bonds. The topological polar surface area (TPSA) is 44.6 Å². The summed E-state index contributed by atoms with van der Waals surface area (Å²) < 4.78 is 0. The highest BCUT2D eigenvalue weighted by molar-refractivity contribution is 5.80. The van der Waals surface area contributed by atoms with Crippen LogP contribution in [0.3, 0.4) is 0 Å². The van der Waals surface area contributed by atoms with Gasteiger partial charge in [-0.2, -0.15) is 5.10 Å². The molecule has 86 valence electrons. The zero-order valence-electron chi connectivity index (χ0n) is 9.59. The lowest BCUT2D eigenvalue weighted by Gasteiger charge is -2.00. The number of hydrazone groups is 1. The van der Waals surface area contributed by atoms with E-state index in [-0.39, 0.29) is 5.75 Å². The minimum absolute atomic E-state index is 0.240. The minimum Gasteiger partial charge on any atom is -0.508 e. The molecule has 2 aromatic carbocycles. The van der Waals surface area contributed by atoms with Crippen molar-refractivity contribution in [2.75, 3.05) is 5.43 Å². The van der Waals surface area contributed by atoms with Gasteiger partial charge in [-0.3, -0.25) is 5.43 Å². The Hall–Kier alpha value is -2.29. The van der Waals surface area contributed by atoms with Crippen LogP contribution in [0.1, 0.15) is 11.1 Å². The van der Waals surface area contributed by atoms with Crippen LogP contribution in [-0.2, 0) is 0 Å².